The van der Waals surface area contributed by atoms with E-state index in [0.717, 1.165) is 38.8 Å². The predicted molar refractivity (Wildman–Crippen MR) is 95.1 cm³/mol. The van der Waals surface area contributed by atoms with Crippen molar-refractivity contribution in [1.29, 1.82) is 0 Å². The Bertz CT molecular complexity index is 576. The van der Waals surface area contributed by atoms with Crippen molar-refractivity contribution in [1.82, 2.24) is 9.62 Å². The first kappa shape index (κ1) is 18.4. The van der Waals surface area contributed by atoms with E-state index in [1.807, 2.05) is 19.1 Å². The normalized spacial score (nSPS) is 17.1. The number of nitrogens with one attached hydrogen (secondary N) is 1. The lowest BCUT2D eigenvalue weighted by Crippen LogP contribution is -2.46. The summed E-state index contributed by atoms with van der Waals surface area (Å²) in [7, 11) is -3.40. The minimum Gasteiger partial charge on any atom is -0.317 e. The molecule has 0 bridgehead atoms. The highest BCUT2D eigenvalue weighted by atomic mass is 32.2. The van der Waals surface area contributed by atoms with Gasteiger partial charge < -0.3 is 5.32 Å². The Labute approximate surface area is 141 Å². The molecule has 1 saturated heterocycles. The van der Waals surface area contributed by atoms with Gasteiger partial charge in [-0.2, -0.15) is 4.31 Å². The average molecular weight is 339 g/mol. The van der Waals surface area contributed by atoms with E-state index in [1.165, 1.54) is 5.56 Å². The molecule has 0 aromatic heterocycles. The summed E-state index contributed by atoms with van der Waals surface area (Å²) < 4.78 is 27.8. The second-order valence-corrected chi connectivity index (χ2v) is 8.73. The Morgan fingerprint density at radius 3 is 2.30 bits per heavy atom. The van der Waals surface area contributed by atoms with E-state index >= 15 is 0 Å². The summed E-state index contributed by atoms with van der Waals surface area (Å²) >= 11 is 0. The quantitative estimate of drug-likeness (QED) is 0.831. The molecule has 1 aliphatic rings. The molecule has 4 nitrogen and oxygen atoms in total. The van der Waals surface area contributed by atoms with Crippen LogP contribution < -0.4 is 5.32 Å². The first-order valence-corrected chi connectivity index (χ1v) is 10.2. The van der Waals surface area contributed by atoms with E-state index in [4.69, 9.17) is 0 Å². The first-order chi connectivity index (χ1) is 10.9. The molecule has 0 aliphatic carbocycles. The number of rotatable bonds is 7. The van der Waals surface area contributed by atoms with Crippen molar-refractivity contribution in [2.75, 3.05) is 19.6 Å². The lowest BCUT2D eigenvalue weighted by Gasteiger charge is -2.33. The number of hydrogen-bond donors (Lipinski definition) is 1. The summed E-state index contributed by atoms with van der Waals surface area (Å²) in [5.74, 6) is 0.573. The molecule has 130 valence electrons. The van der Waals surface area contributed by atoms with E-state index in [9.17, 15) is 8.42 Å². The molecule has 23 heavy (non-hydrogen) atoms. The molecule has 0 atom stereocenters. The number of nitrogens with zero attached hydrogens (tertiary/aromatic N) is 1. The van der Waals surface area contributed by atoms with Gasteiger partial charge in [0.2, 0.25) is 10.0 Å². The smallest absolute Gasteiger partial charge is 0.243 e. The maximum Gasteiger partial charge on any atom is 0.243 e. The summed E-state index contributed by atoms with van der Waals surface area (Å²) in [4.78, 5) is 0.428. The van der Waals surface area contributed by atoms with Crippen LogP contribution in [-0.2, 0) is 16.4 Å². The average Bonchev–Trinajstić information content (AvgIpc) is 2.53. The van der Waals surface area contributed by atoms with Crippen molar-refractivity contribution in [3.05, 3.63) is 29.8 Å². The van der Waals surface area contributed by atoms with Crippen molar-refractivity contribution < 1.29 is 8.42 Å². The van der Waals surface area contributed by atoms with Crippen LogP contribution in [0.25, 0.3) is 0 Å². The van der Waals surface area contributed by atoms with Crippen LogP contribution in [-0.4, -0.2) is 38.4 Å². The zero-order chi connectivity index (χ0) is 16.9. The summed E-state index contributed by atoms with van der Waals surface area (Å²) in [6.07, 6.45) is 3.61. The third-order valence-electron chi connectivity index (χ3n) is 4.33. The molecule has 0 unspecified atom stereocenters. The maximum absolute atomic E-state index is 13.1. The molecule has 2 rings (SSSR count). The zero-order valence-electron chi connectivity index (χ0n) is 14.6. The van der Waals surface area contributed by atoms with Gasteiger partial charge in [-0.3, -0.25) is 0 Å². The Balaban J connectivity index is 2.22. The molecule has 5 heteroatoms. The fourth-order valence-corrected chi connectivity index (χ4v) is 5.00. The Morgan fingerprint density at radius 2 is 1.78 bits per heavy atom. The highest BCUT2D eigenvalue weighted by Gasteiger charge is 2.31. The maximum atomic E-state index is 13.1. The monoisotopic (exact) mass is 338 g/mol. The minimum absolute atomic E-state index is 0.122. The van der Waals surface area contributed by atoms with Gasteiger partial charge in [-0.15, -0.1) is 0 Å². The number of benzene rings is 1. The summed E-state index contributed by atoms with van der Waals surface area (Å²) in [6.45, 7) is 8.77. The van der Waals surface area contributed by atoms with Crippen LogP contribution in [0.4, 0.5) is 0 Å². The Morgan fingerprint density at radius 1 is 1.17 bits per heavy atom. The molecule has 1 aromatic rings. The molecule has 0 radical (unpaired) electrons. The van der Waals surface area contributed by atoms with Gasteiger partial charge in [-0.1, -0.05) is 32.9 Å². The lowest BCUT2D eigenvalue weighted by molar-refractivity contribution is 0.262. The number of sulfonamides is 1. The summed E-state index contributed by atoms with van der Waals surface area (Å²) in [5, 5.41) is 3.31. The fourth-order valence-electron chi connectivity index (χ4n) is 3.22. The van der Waals surface area contributed by atoms with Gasteiger partial charge in [0, 0.05) is 12.6 Å². The predicted octanol–water partition coefficient (Wildman–Crippen LogP) is 3.04. The second kappa shape index (κ2) is 8.27. The van der Waals surface area contributed by atoms with Gasteiger partial charge >= 0.3 is 0 Å². The largest absolute Gasteiger partial charge is 0.317 e. The molecule has 0 amide bonds. The van der Waals surface area contributed by atoms with Crippen LogP contribution in [0, 0.1) is 5.92 Å². The van der Waals surface area contributed by atoms with Gasteiger partial charge in [0.25, 0.3) is 0 Å². The Hall–Kier alpha value is -0.910. The molecule has 1 fully saturated rings. The van der Waals surface area contributed by atoms with E-state index in [-0.39, 0.29) is 6.04 Å². The van der Waals surface area contributed by atoms with Crippen molar-refractivity contribution in [3.63, 3.8) is 0 Å². The number of piperidine rings is 1. The lowest BCUT2D eigenvalue weighted by atomic mass is 10.0. The van der Waals surface area contributed by atoms with Gasteiger partial charge in [-0.05, 0) is 62.4 Å². The molecule has 1 aliphatic heterocycles. The second-order valence-electron chi connectivity index (χ2n) is 6.84. The SMILES string of the molecule is CCCN(C1CCNCC1)S(=O)(=O)c1ccc(CC(C)C)cc1. The topological polar surface area (TPSA) is 49.4 Å². The standard InChI is InChI=1S/C18H30N2O2S/c1-4-13-20(17-9-11-19-12-10-17)23(21,22)18-7-5-16(6-8-18)14-15(2)3/h5-8,15,17,19H,4,9-14H2,1-3H3. The first-order valence-electron chi connectivity index (χ1n) is 8.76. The highest BCUT2D eigenvalue weighted by Crippen LogP contribution is 2.23. The van der Waals surface area contributed by atoms with Crippen LogP contribution in [0.5, 0.6) is 0 Å². The van der Waals surface area contributed by atoms with Gasteiger partial charge in [0.1, 0.15) is 0 Å². The van der Waals surface area contributed by atoms with Crippen LogP contribution in [0.15, 0.2) is 29.2 Å². The molecule has 1 heterocycles. The van der Waals surface area contributed by atoms with E-state index in [2.05, 4.69) is 19.2 Å². The van der Waals surface area contributed by atoms with Crippen LogP contribution >= 0.6 is 0 Å². The molecule has 0 spiro atoms. The van der Waals surface area contributed by atoms with Crippen molar-refractivity contribution in [2.45, 2.75) is 57.4 Å². The minimum atomic E-state index is -3.40. The Kier molecular flexibility index (Phi) is 6.62. The molecule has 0 saturated carbocycles. The summed E-state index contributed by atoms with van der Waals surface area (Å²) in [6, 6.07) is 7.59. The van der Waals surface area contributed by atoms with Gasteiger partial charge in [0.15, 0.2) is 0 Å². The van der Waals surface area contributed by atoms with E-state index in [0.29, 0.717) is 17.4 Å². The fraction of sp³-hybridized carbons (Fsp3) is 0.667. The van der Waals surface area contributed by atoms with Crippen molar-refractivity contribution in [3.8, 4) is 0 Å². The van der Waals surface area contributed by atoms with E-state index in [1.54, 1.807) is 16.4 Å². The van der Waals surface area contributed by atoms with Crippen molar-refractivity contribution in [2.24, 2.45) is 5.92 Å². The number of hydrogen-bond acceptors (Lipinski definition) is 3. The third kappa shape index (κ3) is 4.78. The van der Waals surface area contributed by atoms with Crippen LogP contribution in [0.3, 0.4) is 0 Å². The van der Waals surface area contributed by atoms with Crippen molar-refractivity contribution >= 4 is 10.0 Å². The van der Waals surface area contributed by atoms with E-state index < -0.39 is 10.0 Å². The van der Waals surface area contributed by atoms with Crippen LogP contribution in [0.1, 0.15) is 45.6 Å². The molecule has 1 N–H and O–H groups in total. The zero-order valence-corrected chi connectivity index (χ0v) is 15.4. The summed E-state index contributed by atoms with van der Waals surface area (Å²) in [5.41, 5.74) is 1.20. The van der Waals surface area contributed by atoms with Gasteiger partial charge in [0.05, 0.1) is 4.90 Å². The molecular weight excluding hydrogens is 308 g/mol. The van der Waals surface area contributed by atoms with Crippen LogP contribution in [0.2, 0.25) is 0 Å². The molecular formula is C18H30N2O2S. The van der Waals surface area contributed by atoms with Gasteiger partial charge in [-0.25, -0.2) is 8.42 Å². The highest BCUT2D eigenvalue weighted by molar-refractivity contribution is 7.89. The third-order valence-corrected chi connectivity index (χ3v) is 6.30. The molecule has 1 aromatic carbocycles.